The van der Waals surface area contributed by atoms with Crippen LogP contribution in [0.25, 0.3) is 0 Å². The smallest absolute Gasteiger partial charge is 0.146 e. The summed E-state index contributed by atoms with van der Waals surface area (Å²) in [6.07, 6.45) is 2.88. The first-order valence-electron chi connectivity index (χ1n) is 5.92. The summed E-state index contributed by atoms with van der Waals surface area (Å²) < 4.78 is 0. The summed E-state index contributed by atoms with van der Waals surface area (Å²) in [6, 6.07) is 8.32. The van der Waals surface area contributed by atoms with Gasteiger partial charge >= 0.3 is 0 Å². The van der Waals surface area contributed by atoms with Crippen molar-refractivity contribution < 1.29 is 4.79 Å². The number of carbonyl (C=O) groups excluding carboxylic acids is 1. The summed E-state index contributed by atoms with van der Waals surface area (Å²) in [5, 5.41) is 0.185. The summed E-state index contributed by atoms with van der Waals surface area (Å²) in [5.41, 5.74) is 1.28. The van der Waals surface area contributed by atoms with E-state index in [0.717, 1.165) is 19.3 Å². The first kappa shape index (κ1) is 11.7. The monoisotopic (exact) mass is 234 g/mol. The van der Waals surface area contributed by atoms with Crippen molar-refractivity contribution in [1.29, 1.82) is 0 Å². The molecule has 0 bridgehead atoms. The molecule has 86 valence electrons. The maximum Gasteiger partial charge on any atom is 0.146 e. The Labute approximate surface area is 102 Å². The van der Waals surface area contributed by atoms with Gasteiger partial charge in [0, 0.05) is 11.3 Å². The van der Waals surface area contributed by atoms with E-state index in [-0.39, 0.29) is 5.25 Å². The van der Waals surface area contributed by atoms with Gasteiger partial charge in [0.05, 0.1) is 5.25 Å². The zero-order chi connectivity index (χ0) is 11.5. The normalized spacial score (nSPS) is 25.8. The van der Waals surface area contributed by atoms with Crippen molar-refractivity contribution in [3.63, 3.8) is 0 Å². The van der Waals surface area contributed by atoms with E-state index in [4.69, 9.17) is 0 Å². The van der Waals surface area contributed by atoms with Crippen LogP contribution in [0.2, 0.25) is 0 Å². The summed E-state index contributed by atoms with van der Waals surface area (Å²) in [7, 11) is 0. The third-order valence-electron chi connectivity index (χ3n) is 3.22. The third kappa shape index (κ3) is 2.67. The lowest BCUT2D eigenvalue weighted by atomic mass is 9.90. The highest BCUT2D eigenvalue weighted by molar-refractivity contribution is 8.00. The van der Waals surface area contributed by atoms with E-state index in [9.17, 15) is 4.79 Å². The second-order valence-electron chi connectivity index (χ2n) is 4.72. The Morgan fingerprint density at radius 1 is 1.31 bits per heavy atom. The fraction of sp³-hybridized carbons (Fsp3) is 0.500. The molecule has 0 saturated heterocycles. The lowest BCUT2D eigenvalue weighted by Crippen LogP contribution is -2.25. The number of carbonyl (C=O) groups is 1. The number of hydrogen-bond donors (Lipinski definition) is 0. The molecule has 0 heterocycles. The Bertz CT molecular complexity index is 386. The number of thioether (sulfide) groups is 1. The van der Waals surface area contributed by atoms with Gasteiger partial charge in [-0.05, 0) is 37.3 Å². The van der Waals surface area contributed by atoms with E-state index in [0.29, 0.717) is 11.7 Å². The van der Waals surface area contributed by atoms with Crippen LogP contribution in [0, 0.1) is 12.8 Å². The van der Waals surface area contributed by atoms with Crippen LogP contribution in [-0.4, -0.2) is 11.0 Å². The maximum absolute atomic E-state index is 11.8. The Balaban J connectivity index is 2.09. The Hall–Kier alpha value is -0.760. The number of ketones is 1. The van der Waals surface area contributed by atoms with E-state index in [1.807, 2.05) is 12.1 Å². The van der Waals surface area contributed by atoms with Crippen molar-refractivity contribution in [3.8, 4) is 0 Å². The molecule has 1 nitrogen and oxygen atoms in total. The van der Waals surface area contributed by atoms with Crippen LogP contribution in [0.15, 0.2) is 29.2 Å². The summed E-state index contributed by atoms with van der Waals surface area (Å²) in [6.45, 7) is 4.36. The minimum atomic E-state index is 0.185. The highest BCUT2D eigenvalue weighted by atomic mass is 32.2. The molecule has 0 radical (unpaired) electrons. The Morgan fingerprint density at radius 3 is 2.81 bits per heavy atom. The molecule has 1 aromatic rings. The molecule has 16 heavy (non-hydrogen) atoms. The van der Waals surface area contributed by atoms with Crippen LogP contribution < -0.4 is 0 Å². The van der Waals surface area contributed by atoms with E-state index in [1.54, 1.807) is 11.8 Å². The molecular weight excluding hydrogens is 216 g/mol. The minimum Gasteiger partial charge on any atom is -0.298 e. The van der Waals surface area contributed by atoms with Crippen molar-refractivity contribution in [2.45, 2.75) is 43.3 Å². The van der Waals surface area contributed by atoms with E-state index in [1.165, 1.54) is 10.5 Å². The third-order valence-corrected chi connectivity index (χ3v) is 4.67. The quantitative estimate of drug-likeness (QED) is 0.773. The predicted octanol–water partition coefficient (Wildman–Crippen LogP) is 3.84. The standard InChI is InChI=1S/C14H18OS/c1-10-7-8-12(15)14(9-10)16-13-6-4-3-5-11(13)2/h3-6,10,14H,7-9H2,1-2H3. The molecule has 0 aliphatic heterocycles. The Kier molecular flexibility index (Phi) is 3.70. The first-order chi connectivity index (χ1) is 7.66. The maximum atomic E-state index is 11.8. The van der Waals surface area contributed by atoms with Gasteiger partial charge in [-0.3, -0.25) is 4.79 Å². The van der Waals surface area contributed by atoms with Crippen LogP contribution in [0.1, 0.15) is 31.7 Å². The summed E-state index contributed by atoms with van der Waals surface area (Å²) >= 11 is 1.75. The topological polar surface area (TPSA) is 17.1 Å². The number of rotatable bonds is 2. The van der Waals surface area contributed by atoms with Crippen molar-refractivity contribution in [2.75, 3.05) is 0 Å². The van der Waals surface area contributed by atoms with Gasteiger partial charge in [-0.25, -0.2) is 0 Å². The predicted molar refractivity (Wildman–Crippen MR) is 68.8 cm³/mol. The SMILES string of the molecule is Cc1ccccc1SC1CC(C)CCC1=O. The van der Waals surface area contributed by atoms with Crippen molar-refractivity contribution in [2.24, 2.45) is 5.92 Å². The van der Waals surface area contributed by atoms with Gasteiger partial charge in [-0.2, -0.15) is 0 Å². The van der Waals surface area contributed by atoms with Gasteiger partial charge in [-0.1, -0.05) is 25.1 Å². The van der Waals surface area contributed by atoms with Gasteiger partial charge in [-0.15, -0.1) is 11.8 Å². The molecule has 2 rings (SSSR count). The zero-order valence-corrected chi connectivity index (χ0v) is 10.7. The number of hydrogen-bond acceptors (Lipinski definition) is 2. The van der Waals surface area contributed by atoms with Crippen LogP contribution in [0.3, 0.4) is 0 Å². The molecule has 0 N–H and O–H groups in total. The molecule has 2 heteroatoms. The van der Waals surface area contributed by atoms with Crippen LogP contribution in [-0.2, 0) is 4.79 Å². The summed E-state index contributed by atoms with van der Waals surface area (Å²) in [5.74, 6) is 1.13. The van der Waals surface area contributed by atoms with Gasteiger partial charge in [0.15, 0.2) is 0 Å². The van der Waals surface area contributed by atoms with Gasteiger partial charge in [0.25, 0.3) is 0 Å². The molecule has 0 amide bonds. The molecule has 1 aliphatic rings. The molecule has 0 spiro atoms. The second-order valence-corrected chi connectivity index (χ2v) is 5.96. The highest BCUT2D eigenvalue weighted by Crippen LogP contribution is 2.35. The number of aryl methyl sites for hydroxylation is 1. The number of benzene rings is 1. The van der Waals surface area contributed by atoms with Crippen molar-refractivity contribution in [1.82, 2.24) is 0 Å². The Morgan fingerprint density at radius 2 is 2.06 bits per heavy atom. The van der Waals surface area contributed by atoms with Crippen molar-refractivity contribution in [3.05, 3.63) is 29.8 Å². The van der Waals surface area contributed by atoms with Crippen LogP contribution in [0.4, 0.5) is 0 Å². The molecule has 1 saturated carbocycles. The number of Topliss-reactive ketones (excluding diaryl/α,β-unsaturated/α-hetero) is 1. The zero-order valence-electron chi connectivity index (χ0n) is 9.90. The van der Waals surface area contributed by atoms with E-state index < -0.39 is 0 Å². The molecular formula is C14H18OS. The fourth-order valence-electron chi connectivity index (χ4n) is 2.12. The molecule has 1 fully saturated rings. The van der Waals surface area contributed by atoms with Gasteiger partial charge < -0.3 is 0 Å². The van der Waals surface area contributed by atoms with Gasteiger partial charge in [0.2, 0.25) is 0 Å². The van der Waals surface area contributed by atoms with E-state index >= 15 is 0 Å². The van der Waals surface area contributed by atoms with Gasteiger partial charge in [0.1, 0.15) is 5.78 Å². The molecule has 2 atom stereocenters. The average Bonchev–Trinajstić information content (AvgIpc) is 2.27. The second kappa shape index (κ2) is 5.05. The largest absolute Gasteiger partial charge is 0.298 e. The lowest BCUT2D eigenvalue weighted by molar-refractivity contribution is -0.120. The molecule has 1 aliphatic carbocycles. The molecule has 2 unspecified atom stereocenters. The lowest BCUT2D eigenvalue weighted by Gasteiger charge is -2.25. The molecule has 0 aromatic heterocycles. The first-order valence-corrected chi connectivity index (χ1v) is 6.80. The van der Waals surface area contributed by atoms with Crippen molar-refractivity contribution >= 4 is 17.5 Å². The molecule has 1 aromatic carbocycles. The fourth-order valence-corrected chi connectivity index (χ4v) is 3.51. The van der Waals surface area contributed by atoms with E-state index in [2.05, 4.69) is 26.0 Å². The summed E-state index contributed by atoms with van der Waals surface area (Å²) in [4.78, 5) is 13.1. The minimum absolute atomic E-state index is 0.185. The highest BCUT2D eigenvalue weighted by Gasteiger charge is 2.27. The van der Waals surface area contributed by atoms with Crippen LogP contribution >= 0.6 is 11.8 Å². The van der Waals surface area contributed by atoms with Crippen LogP contribution in [0.5, 0.6) is 0 Å². The average molecular weight is 234 g/mol.